The van der Waals surface area contributed by atoms with Crippen molar-refractivity contribution in [3.05, 3.63) is 63.0 Å². The second kappa shape index (κ2) is 16.4. The van der Waals surface area contributed by atoms with Gasteiger partial charge in [0.05, 0.1) is 0 Å². The van der Waals surface area contributed by atoms with Crippen molar-refractivity contribution in [1.29, 1.82) is 0 Å². The van der Waals surface area contributed by atoms with Crippen molar-refractivity contribution < 1.29 is 51.3 Å². The molecule has 0 fully saturated rings. The second-order valence-corrected chi connectivity index (χ2v) is 11.6. The molecule has 0 spiro atoms. The van der Waals surface area contributed by atoms with E-state index in [1.807, 2.05) is 0 Å². The first-order valence-electron chi connectivity index (χ1n) is 12.0. The number of nitrogens with one attached hydrogen (secondary N) is 2. The molecule has 0 saturated carbocycles. The fourth-order valence-electron chi connectivity index (χ4n) is 2.59. The summed E-state index contributed by atoms with van der Waals surface area (Å²) in [5.41, 5.74) is -0.397. The molecule has 0 unspecified atom stereocenters. The van der Waals surface area contributed by atoms with Crippen LogP contribution in [-0.4, -0.2) is 55.5 Å². The van der Waals surface area contributed by atoms with Gasteiger partial charge in [0.25, 0.3) is 0 Å². The van der Waals surface area contributed by atoms with Crippen LogP contribution in [0.3, 0.4) is 0 Å². The molecule has 0 radical (unpaired) electrons. The summed E-state index contributed by atoms with van der Waals surface area (Å²) >= 11 is 2.68. The fourth-order valence-corrected chi connectivity index (χ4v) is 3.96. The Hall–Kier alpha value is -4.19. The third-order valence-corrected chi connectivity index (χ3v) is 5.51. The molecule has 3 N–H and O–H groups in total. The van der Waals surface area contributed by atoms with Crippen LogP contribution in [0.2, 0.25) is 0 Å². The molecule has 18 heteroatoms. The lowest BCUT2D eigenvalue weighted by molar-refractivity contribution is -0.139. The summed E-state index contributed by atoms with van der Waals surface area (Å²) in [5.74, 6) is -1.12. The van der Waals surface area contributed by atoms with E-state index in [1.54, 1.807) is 75.2 Å². The van der Waals surface area contributed by atoms with Crippen molar-refractivity contribution in [2.45, 2.75) is 64.8 Å². The summed E-state index contributed by atoms with van der Waals surface area (Å²) < 4.78 is 57.8. The Bertz CT molecular complexity index is 1220. The van der Waals surface area contributed by atoms with Crippen LogP contribution in [0.5, 0.6) is 0 Å². The molecule has 43 heavy (non-hydrogen) atoms. The predicted molar refractivity (Wildman–Crippen MR) is 146 cm³/mol. The number of hydrogen-bond acceptors (Lipinski definition) is 11. The van der Waals surface area contributed by atoms with Crippen molar-refractivity contribution >= 4 is 46.9 Å². The number of alkyl carbamates (subject to hydrolysis) is 2. The minimum Gasteiger partial charge on any atom is -0.479 e. The molecule has 0 bridgehead atoms. The van der Waals surface area contributed by atoms with Crippen LogP contribution in [0.25, 0.3) is 0 Å². The summed E-state index contributed by atoms with van der Waals surface area (Å²) in [5, 5.41) is 20.3. The number of ether oxygens (including phenoxy) is 2. The van der Waals surface area contributed by atoms with Crippen LogP contribution in [0.4, 0.5) is 27.2 Å². The maximum atomic E-state index is 12.8. The number of amides is 2. The van der Waals surface area contributed by atoms with Crippen molar-refractivity contribution in [1.82, 2.24) is 25.6 Å². The Morgan fingerprint density at radius 3 is 1.37 bits per heavy atom. The standard InChI is InChI=1S/C11H14FNO3S.C11H15NO4S.C3F3N3/c1-11(2,3)16-10(15)13-8(9(12)14)7-4-5-17-6-7;1-11(2,3)16-10(15)12-8(9(13)14)7-4-5-17-6-7;4-1-7-2(5)9-3(6)8-1/h4-6,8H,1-3H3,(H,13,15);4-6,8H,1-3H3,(H,12,15)(H,13,14);/t2*8-;/m11./s1. The van der Waals surface area contributed by atoms with E-state index in [1.165, 1.54) is 22.7 Å². The molecular formula is C25H29F4N5O7S2. The van der Waals surface area contributed by atoms with E-state index in [4.69, 9.17) is 14.6 Å². The van der Waals surface area contributed by atoms with Crippen LogP contribution in [0.15, 0.2) is 33.7 Å². The molecule has 3 heterocycles. The average molecular weight is 652 g/mol. The number of aromatic nitrogens is 3. The first-order chi connectivity index (χ1) is 19.8. The summed E-state index contributed by atoms with van der Waals surface area (Å²) in [7, 11) is 0. The van der Waals surface area contributed by atoms with Gasteiger partial charge in [-0.05, 0) is 86.3 Å². The summed E-state index contributed by atoms with van der Waals surface area (Å²) in [6, 6.07) is -0.758. The zero-order chi connectivity index (χ0) is 33.0. The van der Waals surface area contributed by atoms with Crippen LogP contribution in [-0.2, 0) is 19.1 Å². The molecule has 12 nitrogen and oxygen atoms in total. The highest BCUT2D eigenvalue weighted by Gasteiger charge is 2.27. The minimum absolute atomic E-state index is 0.411. The third-order valence-electron chi connectivity index (χ3n) is 4.10. The van der Waals surface area contributed by atoms with Gasteiger partial charge in [0.2, 0.25) is 0 Å². The molecule has 0 saturated heterocycles. The number of carboxylic acids is 1. The monoisotopic (exact) mass is 651 g/mol. The molecule has 0 aliphatic heterocycles. The van der Waals surface area contributed by atoms with Crippen molar-refractivity contribution in [2.24, 2.45) is 0 Å². The van der Waals surface area contributed by atoms with Gasteiger partial charge in [0.1, 0.15) is 17.2 Å². The Morgan fingerprint density at radius 1 is 0.744 bits per heavy atom. The molecule has 2 atom stereocenters. The van der Waals surface area contributed by atoms with Gasteiger partial charge < -0.3 is 25.2 Å². The van der Waals surface area contributed by atoms with Gasteiger partial charge in [-0.15, -0.1) is 0 Å². The number of carbonyl (C=O) groups is 4. The molecule has 2 amide bonds. The molecule has 3 rings (SSSR count). The summed E-state index contributed by atoms with van der Waals surface area (Å²) in [6.07, 6.45) is -5.93. The largest absolute Gasteiger partial charge is 0.479 e. The lowest BCUT2D eigenvalue weighted by atomic mass is 10.1. The van der Waals surface area contributed by atoms with E-state index in [9.17, 15) is 36.7 Å². The van der Waals surface area contributed by atoms with Crippen LogP contribution >= 0.6 is 22.7 Å². The van der Waals surface area contributed by atoms with Gasteiger partial charge in [-0.2, -0.15) is 55.2 Å². The van der Waals surface area contributed by atoms with E-state index in [2.05, 4.69) is 25.6 Å². The number of nitrogens with zero attached hydrogens (tertiary/aromatic N) is 3. The van der Waals surface area contributed by atoms with Gasteiger partial charge in [-0.25, -0.2) is 14.4 Å². The molecule has 0 aromatic carbocycles. The minimum atomic E-state index is -1.62. The number of aliphatic carboxylic acids is 1. The maximum Gasteiger partial charge on any atom is 0.408 e. The highest BCUT2D eigenvalue weighted by molar-refractivity contribution is 7.08. The SMILES string of the molecule is CC(C)(C)OC(=O)N[C@@H](C(=O)F)c1ccsc1.CC(C)(C)OC(=O)N[C@@H](C(=O)O)c1ccsc1.Fc1nc(F)nc(F)n1. The third kappa shape index (κ3) is 15.6. The van der Waals surface area contributed by atoms with Gasteiger partial charge in [-0.1, -0.05) is 0 Å². The van der Waals surface area contributed by atoms with E-state index in [0.717, 1.165) is 0 Å². The van der Waals surface area contributed by atoms with E-state index in [-0.39, 0.29) is 0 Å². The highest BCUT2D eigenvalue weighted by Crippen LogP contribution is 2.19. The molecular weight excluding hydrogens is 622 g/mol. The Kier molecular flexibility index (Phi) is 14.1. The van der Waals surface area contributed by atoms with Crippen LogP contribution in [0.1, 0.15) is 64.8 Å². The number of halogens is 4. The Labute approximate surface area is 251 Å². The Morgan fingerprint density at radius 2 is 1.09 bits per heavy atom. The lowest BCUT2D eigenvalue weighted by Gasteiger charge is -2.21. The van der Waals surface area contributed by atoms with Crippen molar-refractivity contribution in [3.63, 3.8) is 0 Å². The zero-order valence-corrected chi connectivity index (χ0v) is 25.3. The molecule has 236 valence electrons. The first kappa shape index (κ1) is 36.8. The average Bonchev–Trinajstić information content (AvgIpc) is 3.53. The molecule has 3 aromatic heterocycles. The van der Waals surface area contributed by atoms with Crippen LogP contribution in [0, 0.1) is 18.2 Å². The van der Waals surface area contributed by atoms with Gasteiger partial charge >= 0.3 is 42.4 Å². The van der Waals surface area contributed by atoms with Crippen molar-refractivity contribution in [2.75, 3.05) is 0 Å². The number of rotatable bonds is 6. The van der Waals surface area contributed by atoms with E-state index < -0.39 is 65.7 Å². The van der Waals surface area contributed by atoms with E-state index >= 15 is 0 Å². The second-order valence-electron chi connectivity index (χ2n) is 10.1. The number of thiophene rings is 2. The van der Waals surface area contributed by atoms with Crippen molar-refractivity contribution in [3.8, 4) is 0 Å². The smallest absolute Gasteiger partial charge is 0.408 e. The zero-order valence-electron chi connectivity index (χ0n) is 23.7. The number of hydrogen-bond donors (Lipinski definition) is 3. The topological polar surface area (TPSA) is 170 Å². The quantitative estimate of drug-likeness (QED) is 0.229. The lowest BCUT2D eigenvalue weighted by Crippen LogP contribution is -2.37. The van der Waals surface area contributed by atoms with Gasteiger partial charge in [0, 0.05) is 0 Å². The van der Waals surface area contributed by atoms with Crippen LogP contribution < -0.4 is 10.6 Å². The fraction of sp³-hybridized carbons (Fsp3) is 0.400. The summed E-state index contributed by atoms with van der Waals surface area (Å²) in [6.45, 7) is 10.2. The normalized spacial score (nSPS) is 12.2. The Balaban J connectivity index is 0.000000338. The number of carboxylic acid groups (broad SMARTS) is 1. The van der Waals surface area contributed by atoms with Gasteiger partial charge in [-0.3, -0.25) is 4.79 Å². The predicted octanol–water partition coefficient (Wildman–Crippen LogP) is 5.50. The van der Waals surface area contributed by atoms with Gasteiger partial charge in [0.15, 0.2) is 6.04 Å². The molecule has 0 aliphatic rings. The molecule has 3 aromatic rings. The van der Waals surface area contributed by atoms with E-state index in [0.29, 0.717) is 11.1 Å². The maximum absolute atomic E-state index is 12.8. The first-order valence-corrected chi connectivity index (χ1v) is 13.8. The summed E-state index contributed by atoms with van der Waals surface area (Å²) in [4.78, 5) is 52.1. The number of carbonyl (C=O) groups excluding carboxylic acids is 3. The molecule has 0 aliphatic carbocycles. The highest BCUT2D eigenvalue weighted by atomic mass is 32.1.